The molecule has 16 heavy (non-hydrogen) atoms. The molecule has 1 rings (SSSR count). The van der Waals surface area contributed by atoms with Gasteiger partial charge in [0.2, 0.25) is 0 Å². The van der Waals surface area contributed by atoms with E-state index in [0.29, 0.717) is 19.5 Å². The van der Waals surface area contributed by atoms with Crippen molar-refractivity contribution in [2.75, 3.05) is 13.1 Å². The highest BCUT2D eigenvalue weighted by Gasteiger charge is 2.32. The lowest BCUT2D eigenvalue weighted by Crippen LogP contribution is -2.42. The lowest BCUT2D eigenvalue weighted by atomic mass is 10.1. The highest BCUT2D eigenvalue weighted by Crippen LogP contribution is 2.21. The highest BCUT2D eigenvalue weighted by atomic mass is 32.2. The number of hydrogen-bond acceptors (Lipinski definition) is 3. The van der Waals surface area contributed by atoms with Gasteiger partial charge in [-0.15, -0.1) is 0 Å². The van der Waals surface area contributed by atoms with Crippen LogP contribution in [0.2, 0.25) is 0 Å². The van der Waals surface area contributed by atoms with Crippen LogP contribution in [0.3, 0.4) is 0 Å². The van der Waals surface area contributed by atoms with Gasteiger partial charge in [-0.2, -0.15) is 17.4 Å². The van der Waals surface area contributed by atoms with Crippen molar-refractivity contribution in [2.45, 2.75) is 32.7 Å². The average molecular weight is 250 g/mol. The van der Waals surface area contributed by atoms with Crippen LogP contribution >= 0.6 is 0 Å². The Morgan fingerprint density at radius 2 is 2.19 bits per heavy atom. The summed E-state index contributed by atoms with van der Waals surface area (Å²) < 4.78 is 27.3. The van der Waals surface area contributed by atoms with E-state index in [-0.39, 0.29) is 18.4 Å². The molecule has 1 atom stereocenters. The fraction of sp³-hybridized carbons (Fsp3) is 0.889. The Balaban J connectivity index is 2.55. The zero-order chi connectivity index (χ0) is 12.3. The van der Waals surface area contributed by atoms with Crippen molar-refractivity contribution >= 4 is 16.2 Å². The molecule has 6 nitrogen and oxygen atoms in total. The number of carbonyl (C=O) groups is 1. The zero-order valence-corrected chi connectivity index (χ0v) is 10.3. The topological polar surface area (TPSA) is 86.7 Å². The monoisotopic (exact) mass is 250 g/mol. The molecule has 0 aliphatic carbocycles. The molecular weight excluding hydrogens is 232 g/mol. The second-order valence-corrected chi connectivity index (χ2v) is 6.09. The van der Waals surface area contributed by atoms with E-state index in [2.05, 4.69) is 4.72 Å². The summed E-state index contributed by atoms with van der Waals surface area (Å²) in [5.74, 6) is -0.942. The first-order valence-electron chi connectivity index (χ1n) is 5.30. The standard InChI is InChI=1S/C9H18N2O4S/c1-7(2)10-16(14,15)11-4-3-8(6-11)5-9(12)13/h7-8,10H,3-6H2,1-2H3,(H,12,13). The van der Waals surface area contributed by atoms with Gasteiger partial charge in [-0.1, -0.05) is 0 Å². The molecule has 0 aromatic heterocycles. The third-order valence-electron chi connectivity index (χ3n) is 2.44. The normalized spacial score (nSPS) is 22.8. The van der Waals surface area contributed by atoms with E-state index in [1.54, 1.807) is 13.8 Å². The molecular formula is C9H18N2O4S. The van der Waals surface area contributed by atoms with Crippen LogP contribution in [0.4, 0.5) is 0 Å². The second kappa shape index (κ2) is 5.11. The van der Waals surface area contributed by atoms with Gasteiger partial charge in [0.05, 0.1) is 0 Å². The Hall–Kier alpha value is -0.660. The van der Waals surface area contributed by atoms with E-state index in [4.69, 9.17) is 5.11 Å². The predicted octanol–water partition coefficient (Wildman–Crippen LogP) is 0.0258. The number of hydrogen-bond donors (Lipinski definition) is 2. The number of nitrogens with one attached hydrogen (secondary N) is 1. The van der Waals surface area contributed by atoms with Gasteiger partial charge < -0.3 is 5.11 Å². The summed E-state index contributed by atoms with van der Waals surface area (Å²) in [4.78, 5) is 10.5. The first-order chi connectivity index (χ1) is 7.31. The van der Waals surface area contributed by atoms with Crippen LogP contribution in [0.5, 0.6) is 0 Å². The van der Waals surface area contributed by atoms with Gasteiger partial charge in [-0.25, -0.2) is 0 Å². The SMILES string of the molecule is CC(C)NS(=O)(=O)N1CCC(CC(=O)O)C1. The lowest BCUT2D eigenvalue weighted by molar-refractivity contribution is -0.137. The minimum atomic E-state index is -3.44. The maximum atomic E-state index is 11.7. The van der Waals surface area contributed by atoms with Crippen LogP contribution in [0.25, 0.3) is 0 Å². The molecule has 0 bridgehead atoms. The summed E-state index contributed by atoms with van der Waals surface area (Å²) in [5, 5.41) is 8.62. The summed E-state index contributed by atoms with van der Waals surface area (Å²) >= 11 is 0. The van der Waals surface area contributed by atoms with Crippen molar-refractivity contribution < 1.29 is 18.3 Å². The van der Waals surface area contributed by atoms with E-state index in [0.717, 1.165) is 0 Å². The maximum Gasteiger partial charge on any atom is 0.303 e. The number of carboxylic acid groups (broad SMARTS) is 1. The third kappa shape index (κ3) is 3.73. The van der Waals surface area contributed by atoms with Crippen molar-refractivity contribution in [1.29, 1.82) is 0 Å². The molecule has 2 N–H and O–H groups in total. The summed E-state index contributed by atoms with van der Waals surface area (Å²) in [6.45, 7) is 4.21. The van der Waals surface area contributed by atoms with Crippen LogP contribution in [-0.4, -0.2) is 42.9 Å². The van der Waals surface area contributed by atoms with Crippen molar-refractivity contribution in [3.8, 4) is 0 Å². The Bertz CT molecular complexity index is 353. The Morgan fingerprint density at radius 1 is 1.56 bits per heavy atom. The van der Waals surface area contributed by atoms with Crippen LogP contribution in [0.1, 0.15) is 26.7 Å². The van der Waals surface area contributed by atoms with Crippen LogP contribution in [-0.2, 0) is 15.0 Å². The summed E-state index contributed by atoms with van der Waals surface area (Å²) in [6.07, 6.45) is 0.652. The molecule has 7 heteroatoms. The molecule has 1 aliphatic rings. The van der Waals surface area contributed by atoms with Crippen LogP contribution < -0.4 is 4.72 Å². The van der Waals surface area contributed by atoms with Gasteiger partial charge in [0.1, 0.15) is 0 Å². The van der Waals surface area contributed by atoms with Gasteiger partial charge in [-0.05, 0) is 26.2 Å². The van der Waals surface area contributed by atoms with Crippen LogP contribution in [0, 0.1) is 5.92 Å². The minimum absolute atomic E-state index is 0.0354. The van der Waals surface area contributed by atoms with Gasteiger partial charge in [0, 0.05) is 25.6 Å². The Labute approximate surface area is 95.8 Å². The third-order valence-corrected chi connectivity index (χ3v) is 4.22. The fourth-order valence-electron chi connectivity index (χ4n) is 1.80. The van der Waals surface area contributed by atoms with Gasteiger partial charge in [0.25, 0.3) is 10.2 Å². The lowest BCUT2D eigenvalue weighted by Gasteiger charge is -2.18. The van der Waals surface area contributed by atoms with Crippen molar-refractivity contribution in [1.82, 2.24) is 9.03 Å². The zero-order valence-electron chi connectivity index (χ0n) is 9.51. The van der Waals surface area contributed by atoms with Gasteiger partial charge in [-0.3, -0.25) is 4.79 Å². The van der Waals surface area contributed by atoms with E-state index in [1.165, 1.54) is 4.31 Å². The molecule has 1 fully saturated rings. The number of rotatable bonds is 5. The molecule has 1 saturated heterocycles. The van der Waals surface area contributed by atoms with Crippen molar-refractivity contribution in [2.24, 2.45) is 5.92 Å². The predicted molar refractivity (Wildman–Crippen MR) is 59.1 cm³/mol. The van der Waals surface area contributed by atoms with E-state index in [1.807, 2.05) is 0 Å². The van der Waals surface area contributed by atoms with Crippen molar-refractivity contribution in [3.63, 3.8) is 0 Å². The van der Waals surface area contributed by atoms with Gasteiger partial charge in [0.15, 0.2) is 0 Å². The first kappa shape index (κ1) is 13.4. The average Bonchev–Trinajstić information content (AvgIpc) is 2.49. The molecule has 1 unspecified atom stereocenters. The Morgan fingerprint density at radius 3 is 2.69 bits per heavy atom. The first-order valence-corrected chi connectivity index (χ1v) is 6.74. The van der Waals surface area contributed by atoms with E-state index < -0.39 is 16.2 Å². The quantitative estimate of drug-likeness (QED) is 0.720. The highest BCUT2D eigenvalue weighted by molar-refractivity contribution is 7.87. The largest absolute Gasteiger partial charge is 0.481 e. The summed E-state index contributed by atoms with van der Waals surface area (Å²) in [7, 11) is -3.44. The molecule has 0 saturated carbocycles. The number of carboxylic acids is 1. The smallest absolute Gasteiger partial charge is 0.303 e. The molecule has 0 radical (unpaired) electrons. The fourth-order valence-corrected chi connectivity index (χ4v) is 3.30. The number of nitrogens with zero attached hydrogens (tertiary/aromatic N) is 1. The van der Waals surface area contributed by atoms with E-state index in [9.17, 15) is 13.2 Å². The summed E-state index contributed by atoms with van der Waals surface area (Å²) in [6, 6.07) is -0.150. The minimum Gasteiger partial charge on any atom is -0.481 e. The molecule has 94 valence electrons. The van der Waals surface area contributed by atoms with Gasteiger partial charge >= 0.3 is 5.97 Å². The molecule has 0 aromatic rings. The molecule has 1 aliphatic heterocycles. The van der Waals surface area contributed by atoms with Crippen LogP contribution in [0.15, 0.2) is 0 Å². The van der Waals surface area contributed by atoms with E-state index >= 15 is 0 Å². The van der Waals surface area contributed by atoms with Crippen molar-refractivity contribution in [3.05, 3.63) is 0 Å². The Kier molecular flexibility index (Phi) is 4.28. The molecule has 0 amide bonds. The number of aliphatic carboxylic acids is 1. The molecule has 0 spiro atoms. The molecule has 1 heterocycles. The molecule has 0 aromatic carbocycles. The summed E-state index contributed by atoms with van der Waals surface area (Å²) in [5.41, 5.74) is 0. The maximum absolute atomic E-state index is 11.7. The second-order valence-electron chi connectivity index (χ2n) is 4.39.